The zero-order valence-electron chi connectivity index (χ0n) is 17.1. The van der Waals surface area contributed by atoms with Gasteiger partial charge in [0.05, 0.1) is 4.90 Å². The first kappa shape index (κ1) is 23.7. The summed E-state index contributed by atoms with van der Waals surface area (Å²) < 4.78 is 39.3. The maximum atomic E-state index is 12.9. The molecule has 2 aromatic rings. The van der Waals surface area contributed by atoms with Crippen LogP contribution >= 0.6 is 23.4 Å². The Labute approximate surface area is 191 Å². The molecule has 0 saturated carbocycles. The predicted molar refractivity (Wildman–Crippen MR) is 123 cm³/mol. The van der Waals surface area contributed by atoms with Crippen molar-refractivity contribution in [3.05, 3.63) is 53.1 Å². The lowest BCUT2D eigenvalue weighted by atomic mass is 10.1. The van der Waals surface area contributed by atoms with Gasteiger partial charge in [0.2, 0.25) is 15.9 Å². The van der Waals surface area contributed by atoms with Crippen LogP contribution in [0.2, 0.25) is 5.02 Å². The molecule has 10 heteroatoms. The molecular weight excluding hydrogens is 460 g/mol. The van der Waals surface area contributed by atoms with E-state index in [1.807, 2.05) is 18.4 Å². The molecule has 7 nitrogen and oxygen atoms in total. The van der Waals surface area contributed by atoms with Crippen molar-refractivity contribution in [3.8, 4) is 11.5 Å². The van der Waals surface area contributed by atoms with Crippen LogP contribution in [-0.2, 0) is 21.2 Å². The Morgan fingerprint density at radius 1 is 1.13 bits per heavy atom. The lowest BCUT2D eigenvalue weighted by molar-refractivity contribution is -0.122. The van der Waals surface area contributed by atoms with Crippen LogP contribution in [0.1, 0.15) is 12.0 Å². The van der Waals surface area contributed by atoms with Crippen LogP contribution in [0.5, 0.6) is 11.5 Å². The van der Waals surface area contributed by atoms with Crippen molar-refractivity contribution in [1.29, 1.82) is 0 Å². The smallest absolute Gasteiger partial charge is 0.241 e. The minimum absolute atomic E-state index is 0.0277. The first-order valence-corrected chi connectivity index (χ1v) is 13.1. The molecule has 1 heterocycles. The summed E-state index contributed by atoms with van der Waals surface area (Å²) >= 11 is 7.43. The van der Waals surface area contributed by atoms with E-state index >= 15 is 0 Å². The van der Waals surface area contributed by atoms with E-state index in [0.717, 1.165) is 5.56 Å². The van der Waals surface area contributed by atoms with Crippen LogP contribution in [0.15, 0.2) is 47.4 Å². The van der Waals surface area contributed by atoms with Gasteiger partial charge in [-0.25, -0.2) is 8.42 Å². The number of ether oxygens (including phenoxy) is 2. The topological polar surface area (TPSA) is 93.7 Å². The molecule has 1 atom stereocenters. The maximum Gasteiger partial charge on any atom is 0.241 e. The zero-order valence-corrected chi connectivity index (χ0v) is 19.5. The number of carbonyl (C=O) groups excluding carboxylic acids is 1. The molecule has 31 heavy (non-hydrogen) atoms. The van der Waals surface area contributed by atoms with Crippen LogP contribution in [0, 0.1) is 0 Å². The highest BCUT2D eigenvalue weighted by Crippen LogP contribution is 2.32. The van der Waals surface area contributed by atoms with E-state index in [1.165, 1.54) is 12.1 Å². The number of carbonyl (C=O) groups is 1. The molecule has 2 N–H and O–H groups in total. The van der Waals surface area contributed by atoms with Gasteiger partial charge in [0.25, 0.3) is 0 Å². The van der Waals surface area contributed by atoms with Crippen molar-refractivity contribution in [2.75, 3.05) is 31.8 Å². The van der Waals surface area contributed by atoms with Crippen LogP contribution in [0.25, 0.3) is 0 Å². The lowest BCUT2D eigenvalue weighted by Gasteiger charge is -2.21. The van der Waals surface area contributed by atoms with Gasteiger partial charge in [-0.05, 0) is 54.7 Å². The molecule has 3 rings (SSSR count). The van der Waals surface area contributed by atoms with E-state index in [2.05, 4.69) is 10.0 Å². The Morgan fingerprint density at radius 2 is 1.84 bits per heavy atom. The second-order valence-electron chi connectivity index (χ2n) is 6.93. The van der Waals surface area contributed by atoms with Gasteiger partial charge in [0.15, 0.2) is 11.5 Å². The van der Waals surface area contributed by atoms with Gasteiger partial charge in [-0.15, -0.1) is 0 Å². The Balaban J connectivity index is 1.64. The van der Waals surface area contributed by atoms with Crippen molar-refractivity contribution in [2.24, 2.45) is 0 Å². The molecule has 0 fully saturated rings. The molecule has 0 radical (unpaired) electrons. The molecule has 0 aromatic heterocycles. The maximum absolute atomic E-state index is 12.9. The number of thioether (sulfide) groups is 1. The summed E-state index contributed by atoms with van der Waals surface area (Å²) in [6, 6.07) is 10.9. The first-order valence-electron chi connectivity index (χ1n) is 9.82. The summed E-state index contributed by atoms with van der Waals surface area (Å²) in [5.41, 5.74) is 1.03. The molecule has 1 aliphatic rings. The SMILES string of the molecule is CSCC[C@H](NS(=O)(=O)c1ccc2c(c1)OCCO2)C(=O)NCCc1ccc(Cl)cc1. The standard InChI is InChI=1S/C21H25ClN2O5S2/c1-30-13-9-18(21(25)23-10-8-15-2-4-16(22)5-3-15)24-31(26,27)17-6-7-19-20(14-17)29-12-11-28-19/h2-7,14,18,24H,8-13H2,1H3,(H,23,25)/t18-/m0/s1. The largest absolute Gasteiger partial charge is 0.486 e. The molecule has 0 bridgehead atoms. The number of sulfonamides is 1. The van der Waals surface area contributed by atoms with Crippen molar-refractivity contribution >= 4 is 39.3 Å². The zero-order chi connectivity index (χ0) is 22.3. The molecule has 2 aromatic carbocycles. The summed E-state index contributed by atoms with van der Waals surface area (Å²) in [6.07, 6.45) is 2.90. The van der Waals surface area contributed by atoms with Gasteiger partial charge in [0, 0.05) is 17.6 Å². The van der Waals surface area contributed by atoms with Crippen molar-refractivity contribution in [1.82, 2.24) is 10.0 Å². The molecule has 168 valence electrons. The fourth-order valence-electron chi connectivity index (χ4n) is 3.03. The van der Waals surface area contributed by atoms with E-state index in [1.54, 1.807) is 30.0 Å². The number of rotatable bonds is 10. The van der Waals surface area contributed by atoms with Gasteiger partial charge in [-0.3, -0.25) is 4.79 Å². The molecule has 0 saturated heterocycles. The third-order valence-electron chi connectivity index (χ3n) is 4.67. The Bertz CT molecular complexity index is 999. The van der Waals surface area contributed by atoms with Crippen molar-refractivity contribution in [3.63, 3.8) is 0 Å². The molecule has 0 aliphatic carbocycles. The van der Waals surface area contributed by atoms with Gasteiger partial charge in [0.1, 0.15) is 19.3 Å². The highest BCUT2D eigenvalue weighted by atomic mass is 35.5. The van der Waals surface area contributed by atoms with Gasteiger partial charge >= 0.3 is 0 Å². The third-order valence-corrected chi connectivity index (χ3v) is 7.04. The second kappa shape index (κ2) is 11.1. The summed E-state index contributed by atoms with van der Waals surface area (Å²) in [6.45, 7) is 1.17. The highest BCUT2D eigenvalue weighted by molar-refractivity contribution is 7.98. The number of hydrogen-bond acceptors (Lipinski definition) is 6. The Hall–Kier alpha value is -1.94. The normalized spacial score (nSPS) is 14.1. The molecule has 1 amide bonds. The highest BCUT2D eigenvalue weighted by Gasteiger charge is 2.26. The molecule has 1 aliphatic heterocycles. The van der Waals surface area contributed by atoms with E-state index in [4.69, 9.17) is 21.1 Å². The first-order chi connectivity index (χ1) is 14.9. The number of benzene rings is 2. The molecule has 0 unspecified atom stereocenters. The third kappa shape index (κ3) is 6.77. The summed E-state index contributed by atoms with van der Waals surface area (Å²) in [4.78, 5) is 12.7. The van der Waals surface area contributed by atoms with Crippen LogP contribution in [0.3, 0.4) is 0 Å². The van der Waals surface area contributed by atoms with E-state index in [0.29, 0.717) is 54.9 Å². The Kier molecular flexibility index (Phi) is 8.48. The second-order valence-corrected chi connectivity index (χ2v) is 10.1. The van der Waals surface area contributed by atoms with Crippen LogP contribution < -0.4 is 19.5 Å². The number of nitrogens with one attached hydrogen (secondary N) is 2. The summed E-state index contributed by atoms with van der Waals surface area (Å²) in [5.74, 6) is 1.16. The fraction of sp³-hybridized carbons (Fsp3) is 0.381. The number of hydrogen-bond donors (Lipinski definition) is 2. The fourth-order valence-corrected chi connectivity index (χ4v) is 4.87. The minimum atomic E-state index is -3.92. The minimum Gasteiger partial charge on any atom is -0.486 e. The summed E-state index contributed by atoms with van der Waals surface area (Å²) in [7, 11) is -3.92. The monoisotopic (exact) mass is 484 g/mol. The molecular formula is C21H25ClN2O5S2. The van der Waals surface area contributed by atoms with E-state index in [9.17, 15) is 13.2 Å². The number of halogens is 1. The average Bonchev–Trinajstić information content (AvgIpc) is 2.77. The average molecular weight is 485 g/mol. The summed E-state index contributed by atoms with van der Waals surface area (Å²) in [5, 5.41) is 3.48. The van der Waals surface area contributed by atoms with Gasteiger partial charge in [-0.2, -0.15) is 16.5 Å². The quantitative estimate of drug-likeness (QED) is 0.538. The van der Waals surface area contributed by atoms with Crippen molar-refractivity contribution < 1.29 is 22.7 Å². The number of amides is 1. The van der Waals surface area contributed by atoms with Gasteiger partial charge < -0.3 is 14.8 Å². The molecule has 0 spiro atoms. The van der Waals surface area contributed by atoms with Crippen LogP contribution in [0.4, 0.5) is 0 Å². The number of fused-ring (bicyclic) bond motifs is 1. The van der Waals surface area contributed by atoms with Gasteiger partial charge in [-0.1, -0.05) is 23.7 Å². The predicted octanol–water partition coefficient (Wildman–Crippen LogP) is 2.87. The Morgan fingerprint density at radius 3 is 2.55 bits per heavy atom. The van der Waals surface area contributed by atoms with Crippen LogP contribution in [-0.4, -0.2) is 52.1 Å². The lowest BCUT2D eigenvalue weighted by Crippen LogP contribution is -2.47. The van der Waals surface area contributed by atoms with Crippen molar-refractivity contribution in [2.45, 2.75) is 23.8 Å². The van der Waals surface area contributed by atoms with E-state index in [-0.39, 0.29) is 10.8 Å². The van der Waals surface area contributed by atoms with E-state index < -0.39 is 16.1 Å².